The Morgan fingerprint density at radius 3 is 2.30 bits per heavy atom. The third-order valence-corrected chi connectivity index (χ3v) is 6.63. The summed E-state index contributed by atoms with van der Waals surface area (Å²) in [5, 5.41) is 14.0. The van der Waals surface area contributed by atoms with Gasteiger partial charge in [-0.15, -0.1) is 0 Å². The first kappa shape index (κ1) is 22.9. The van der Waals surface area contributed by atoms with E-state index in [-0.39, 0.29) is 41.8 Å². The van der Waals surface area contributed by atoms with Gasteiger partial charge < -0.3 is 14.6 Å². The van der Waals surface area contributed by atoms with Crippen LogP contribution < -0.4 is 5.32 Å². The first-order valence-electron chi connectivity index (χ1n) is 11.8. The molecule has 1 aromatic carbocycles. The smallest absolute Gasteiger partial charge is 0.273 e. The fourth-order valence-electron chi connectivity index (χ4n) is 4.79. The second-order valence-corrected chi connectivity index (χ2v) is 8.96. The zero-order chi connectivity index (χ0) is 23.2. The first-order chi connectivity index (χ1) is 16.0. The average molecular weight is 455 g/mol. The highest BCUT2D eigenvalue weighted by Crippen LogP contribution is 2.26. The van der Waals surface area contributed by atoms with E-state index in [0.717, 1.165) is 57.8 Å². The van der Waals surface area contributed by atoms with Gasteiger partial charge in [0.25, 0.3) is 17.5 Å². The number of nitro benzene ring substituents is 1. The standard InChI is InChI=1S/C24H30N4O5/c29-23(25-18-7-3-1-4-8-18)21-16-33-22(26-21)15-27(19-9-5-2-6-10-19)24(30)17-11-13-20(14-12-17)28(31)32/h11-14,16,18-19H,1-10,15H2,(H,25,29). The minimum atomic E-state index is -0.486. The number of non-ortho nitro benzene ring substituents is 1. The number of oxazole rings is 1. The molecule has 0 unspecified atom stereocenters. The van der Waals surface area contributed by atoms with Gasteiger partial charge in [0.1, 0.15) is 6.26 Å². The highest BCUT2D eigenvalue weighted by atomic mass is 16.6. The van der Waals surface area contributed by atoms with Crippen LogP contribution in [0.3, 0.4) is 0 Å². The van der Waals surface area contributed by atoms with Gasteiger partial charge in [0, 0.05) is 29.8 Å². The Kier molecular flexibility index (Phi) is 7.36. The van der Waals surface area contributed by atoms with E-state index in [9.17, 15) is 19.7 Å². The van der Waals surface area contributed by atoms with Crippen LogP contribution >= 0.6 is 0 Å². The number of amides is 2. The highest BCUT2D eigenvalue weighted by Gasteiger charge is 2.29. The summed E-state index contributed by atoms with van der Waals surface area (Å²) in [5.41, 5.74) is 0.548. The normalized spacial score (nSPS) is 17.5. The van der Waals surface area contributed by atoms with Crippen LogP contribution in [0.1, 0.15) is 90.9 Å². The molecule has 0 radical (unpaired) electrons. The molecule has 1 aromatic heterocycles. The van der Waals surface area contributed by atoms with Gasteiger partial charge in [-0.25, -0.2) is 4.98 Å². The maximum absolute atomic E-state index is 13.3. The lowest BCUT2D eigenvalue weighted by Crippen LogP contribution is -2.41. The van der Waals surface area contributed by atoms with E-state index in [1.54, 1.807) is 4.90 Å². The number of hydrogen-bond donors (Lipinski definition) is 1. The van der Waals surface area contributed by atoms with Crippen LogP contribution in [0.25, 0.3) is 0 Å². The molecule has 1 heterocycles. The van der Waals surface area contributed by atoms with Crippen molar-refractivity contribution in [3.8, 4) is 0 Å². The number of nitrogens with zero attached hydrogens (tertiary/aromatic N) is 3. The van der Waals surface area contributed by atoms with Crippen molar-refractivity contribution < 1.29 is 18.9 Å². The molecule has 1 N–H and O–H groups in total. The molecule has 0 bridgehead atoms. The van der Waals surface area contributed by atoms with Crippen LogP contribution in [-0.4, -0.2) is 38.7 Å². The Morgan fingerprint density at radius 1 is 1.03 bits per heavy atom. The third-order valence-electron chi connectivity index (χ3n) is 6.63. The second-order valence-electron chi connectivity index (χ2n) is 8.96. The van der Waals surface area contributed by atoms with Crippen molar-refractivity contribution in [1.82, 2.24) is 15.2 Å². The van der Waals surface area contributed by atoms with Crippen molar-refractivity contribution in [3.63, 3.8) is 0 Å². The Balaban J connectivity index is 1.48. The van der Waals surface area contributed by atoms with Gasteiger partial charge in [-0.1, -0.05) is 38.5 Å². The number of benzene rings is 1. The summed E-state index contributed by atoms with van der Waals surface area (Å²) >= 11 is 0. The van der Waals surface area contributed by atoms with E-state index in [2.05, 4.69) is 10.3 Å². The molecule has 2 saturated carbocycles. The Labute approximate surface area is 192 Å². The Hall–Kier alpha value is -3.23. The predicted molar refractivity (Wildman–Crippen MR) is 121 cm³/mol. The maximum atomic E-state index is 13.3. The molecule has 0 atom stereocenters. The number of carbonyl (C=O) groups excluding carboxylic acids is 2. The monoisotopic (exact) mass is 454 g/mol. The minimum Gasteiger partial charge on any atom is -0.446 e. The molecule has 9 heteroatoms. The Bertz CT molecular complexity index is 975. The Morgan fingerprint density at radius 2 is 1.67 bits per heavy atom. The van der Waals surface area contributed by atoms with Crippen molar-refractivity contribution in [1.29, 1.82) is 0 Å². The van der Waals surface area contributed by atoms with Crippen LogP contribution in [0.4, 0.5) is 5.69 Å². The van der Waals surface area contributed by atoms with Crippen LogP contribution in [-0.2, 0) is 6.54 Å². The number of hydrogen-bond acceptors (Lipinski definition) is 6. The second kappa shape index (κ2) is 10.6. The van der Waals surface area contributed by atoms with Crippen molar-refractivity contribution in [2.45, 2.75) is 82.8 Å². The molecule has 2 fully saturated rings. The summed E-state index contributed by atoms with van der Waals surface area (Å²) in [6.07, 6.45) is 11.7. The number of nitro groups is 1. The van der Waals surface area contributed by atoms with Gasteiger partial charge in [-0.2, -0.15) is 0 Å². The van der Waals surface area contributed by atoms with Crippen LogP contribution in [0.15, 0.2) is 34.9 Å². The van der Waals surface area contributed by atoms with Crippen LogP contribution in [0.2, 0.25) is 0 Å². The topological polar surface area (TPSA) is 119 Å². The zero-order valence-electron chi connectivity index (χ0n) is 18.7. The molecular weight excluding hydrogens is 424 g/mol. The van der Waals surface area contributed by atoms with E-state index in [4.69, 9.17) is 4.42 Å². The van der Waals surface area contributed by atoms with E-state index in [1.807, 2.05) is 0 Å². The molecule has 33 heavy (non-hydrogen) atoms. The van der Waals surface area contributed by atoms with Gasteiger partial charge in [0.05, 0.1) is 11.5 Å². The number of nitrogens with one attached hydrogen (secondary N) is 1. The molecule has 2 aromatic rings. The number of carbonyl (C=O) groups is 2. The summed E-state index contributed by atoms with van der Waals surface area (Å²) in [4.78, 5) is 42.5. The predicted octanol–water partition coefficient (Wildman–Crippen LogP) is 4.62. The third kappa shape index (κ3) is 5.77. The fourth-order valence-corrected chi connectivity index (χ4v) is 4.79. The minimum absolute atomic E-state index is 0.0351. The van der Waals surface area contributed by atoms with Crippen molar-refractivity contribution in [3.05, 3.63) is 57.8 Å². The maximum Gasteiger partial charge on any atom is 0.273 e. The molecule has 0 saturated heterocycles. The van der Waals surface area contributed by atoms with E-state index in [1.165, 1.54) is 36.9 Å². The van der Waals surface area contributed by atoms with E-state index < -0.39 is 4.92 Å². The van der Waals surface area contributed by atoms with Crippen molar-refractivity contribution in [2.75, 3.05) is 0 Å². The first-order valence-corrected chi connectivity index (χ1v) is 11.8. The molecule has 0 aliphatic heterocycles. The van der Waals surface area contributed by atoms with Crippen molar-refractivity contribution in [2.24, 2.45) is 0 Å². The van der Waals surface area contributed by atoms with Gasteiger partial charge in [0.15, 0.2) is 5.69 Å². The fraction of sp³-hybridized carbons (Fsp3) is 0.542. The van der Waals surface area contributed by atoms with Gasteiger partial charge in [-0.3, -0.25) is 19.7 Å². The zero-order valence-corrected chi connectivity index (χ0v) is 18.7. The van der Waals surface area contributed by atoms with E-state index >= 15 is 0 Å². The summed E-state index contributed by atoms with van der Waals surface area (Å²) in [7, 11) is 0. The van der Waals surface area contributed by atoms with Gasteiger partial charge in [0.2, 0.25) is 5.89 Å². The molecule has 2 aliphatic rings. The summed E-state index contributed by atoms with van der Waals surface area (Å²) in [5.74, 6) is -0.157. The summed E-state index contributed by atoms with van der Waals surface area (Å²) in [6.45, 7) is 0.150. The molecule has 176 valence electrons. The van der Waals surface area contributed by atoms with Gasteiger partial charge in [-0.05, 0) is 37.8 Å². The average Bonchev–Trinajstić information content (AvgIpc) is 3.32. The quantitative estimate of drug-likeness (QED) is 0.482. The summed E-state index contributed by atoms with van der Waals surface area (Å²) < 4.78 is 5.58. The van der Waals surface area contributed by atoms with Crippen LogP contribution in [0.5, 0.6) is 0 Å². The largest absolute Gasteiger partial charge is 0.446 e. The number of aromatic nitrogens is 1. The highest BCUT2D eigenvalue weighted by molar-refractivity contribution is 5.94. The molecule has 4 rings (SSSR count). The van der Waals surface area contributed by atoms with Crippen molar-refractivity contribution >= 4 is 17.5 Å². The SMILES string of the molecule is O=C(NC1CCCCC1)c1coc(CN(C(=O)c2ccc([N+](=O)[O-])cc2)C2CCCCC2)n1. The molecule has 0 spiro atoms. The lowest BCUT2D eigenvalue weighted by atomic mass is 9.93. The molecule has 2 amide bonds. The van der Waals surface area contributed by atoms with Gasteiger partial charge >= 0.3 is 0 Å². The molecule has 2 aliphatic carbocycles. The van der Waals surface area contributed by atoms with Crippen LogP contribution in [0, 0.1) is 10.1 Å². The van der Waals surface area contributed by atoms with E-state index in [0.29, 0.717) is 11.5 Å². The lowest BCUT2D eigenvalue weighted by molar-refractivity contribution is -0.384. The lowest BCUT2D eigenvalue weighted by Gasteiger charge is -2.33. The summed E-state index contributed by atoms with van der Waals surface area (Å²) in [6, 6.07) is 5.85. The molecular formula is C24H30N4O5. The molecule has 9 nitrogen and oxygen atoms in total. The number of rotatable bonds is 7.